The Morgan fingerprint density at radius 3 is 1.72 bits per heavy atom. The molecule has 0 N–H and O–H groups in total. The van der Waals surface area contributed by atoms with E-state index in [0.717, 1.165) is 44.8 Å². The van der Waals surface area contributed by atoms with Crippen LogP contribution in [0.2, 0.25) is 0 Å². The highest BCUT2D eigenvalue weighted by Gasteiger charge is 2.37. The van der Waals surface area contributed by atoms with Crippen LogP contribution >= 0.6 is 0 Å². The lowest BCUT2D eigenvalue weighted by Gasteiger charge is -2.29. The molecular weight excluding hydrogens is 607 g/mol. The summed E-state index contributed by atoms with van der Waals surface area (Å²) in [5.41, 5.74) is 14.8. The minimum absolute atomic E-state index is 0.0987. The molecule has 0 aliphatic heterocycles. The number of para-hydroxylation sites is 1. The van der Waals surface area contributed by atoms with Crippen molar-refractivity contribution in [2.45, 2.75) is 19.3 Å². The molecule has 1 aromatic heterocycles. The third kappa shape index (κ3) is 4.98. The molecule has 7 aromatic carbocycles. The summed E-state index contributed by atoms with van der Waals surface area (Å²) in [5, 5.41) is 1.05. The first-order chi connectivity index (χ1) is 24.6. The van der Waals surface area contributed by atoms with Gasteiger partial charge in [-0.2, -0.15) is 0 Å². The Hall–Kier alpha value is -6.32. The number of fused-ring (bicyclic) bond motifs is 4. The Bertz CT molecular complexity index is 2480. The normalized spacial score (nSPS) is 12.8. The highest BCUT2D eigenvalue weighted by Crippen LogP contribution is 2.54. The fraction of sp³-hybridized carbons (Fsp3) is 0.0638. The molecule has 9 rings (SSSR count). The molecule has 0 saturated heterocycles. The maximum Gasteiger partial charge on any atom is 0.160 e. The van der Waals surface area contributed by atoms with Crippen molar-refractivity contribution in [1.29, 1.82) is 0 Å². The fourth-order valence-corrected chi connectivity index (χ4v) is 7.56. The standard InChI is InChI=1S/C47H35N3/c1-47(2)40-20-11-9-18-38(40)44-41(47)21-13-23-43(44)50(36-28-24-33(25-29-36)32-14-5-3-6-15-32)37-30-26-35(27-31-37)46-48-42-22-12-10-19-39(42)45(49-46)34-16-7-4-8-17-34/h3-31H,1-2H3. The lowest BCUT2D eigenvalue weighted by atomic mass is 9.82. The van der Waals surface area contributed by atoms with Gasteiger partial charge < -0.3 is 4.90 Å². The molecule has 238 valence electrons. The Balaban J connectivity index is 1.19. The zero-order valence-corrected chi connectivity index (χ0v) is 28.1. The van der Waals surface area contributed by atoms with Gasteiger partial charge in [0.05, 0.1) is 16.9 Å². The van der Waals surface area contributed by atoms with Gasteiger partial charge >= 0.3 is 0 Å². The molecule has 3 nitrogen and oxygen atoms in total. The number of anilines is 3. The zero-order valence-electron chi connectivity index (χ0n) is 28.1. The van der Waals surface area contributed by atoms with Gasteiger partial charge in [-0.15, -0.1) is 0 Å². The van der Waals surface area contributed by atoms with Crippen LogP contribution in [0.25, 0.3) is 55.8 Å². The third-order valence-electron chi connectivity index (χ3n) is 10.1. The Morgan fingerprint density at radius 2 is 1.00 bits per heavy atom. The number of hydrogen-bond acceptors (Lipinski definition) is 3. The van der Waals surface area contributed by atoms with E-state index in [1.54, 1.807) is 0 Å². The van der Waals surface area contributed by atoms with E-state index in [4.69, 9.17) is 9.97 Å². The predicted molar refractivity (Wildman–Crippen MR) is 208 cm³/mol. The maximum absolute atomic E-state index is 5.13. The van der Waals surface area contributed by atoms with Gasteiger partial charge in [0.15, 0.2) is 5.82 Å². The summed E-state index contributed by atoms with van der Waals surface area (Å²) in [5.74, 6) is 0.712. The van der Waals surface area contributed by atoms with Crippen molar-refractivity contribution >= 4 is 28.0 Å². The third-order valence-corrected chi connectivity index (χ3v) is 10.1. The first-order valence-electron chi connectivity index (χ1n) is 17.2. The van der Waals surface area contributed by atoms with Gasteiger partial charge in [-0.3, -0.25) is 0 Å². The molecular formula is C47H35N3. The number of hydrogen-bond donors (Lipinski definition) is 0. The van der Waals surface area contributed by atoms with Crippen LogP contribution in [0, 0.1) is 0 Å². The molecule has 0 bridgehead atoms. The van der Waals surface area contributed by atoms with Crippen LogP contribution in [0.3, 0.4) is 0 Å². The van der Waals surface area contributed by atoms with Crippen molar-refractivity contribution in [3.8, 4) is 44.9 Å². The molecule has 8 aromatic rings. The second kappa shape index (κ2) is 12.0. The number of aromatic nitrogens is 2. The zero-order chi connectivity index (χ0) is 33.7. The van der Waals surface area contributed by atoms with Crippen molar-refractivity contribution in [2.24, 2.45) is 0 Å². The van der Waals surface area contributed by atoms with Gasteiger partial charge in [0.25, 0.3) is 0 Å². The molecule has 0 spiro atoms. The van der Waals surface area contributed by atoms with Gasteiger partial charge in [-0.05, 0) is 76.3 Å². The lowest BCUT2D eigenvalue weighted by molar-refractivity contribution is 0.660. The summed E-state index contributed by atoms with van der Waals surface area (Å²) in [6.07, 6.45) is 0. The first kappa shape index (κ1) is 29.8. The van der Waals surface area contributed by atoms with Gasteiger partial charge in [0.2, 0.25) is 0 Å². The minimum Gasteiger partial charge on any atom is -0.310 e. The van der Waals surface area contributed by atoms with E-state index >= 15 is 0 Å². The first-order valence-corrected chi connectivity index (χ1v) is 17.2. The Kier molecular flexibility index (Phi) is 7.14. The summed E-state index contributed by atoms with van der Waals surface area (Å²) < 4.78 is 0. The molecule has 1 heterocycles. The average Bonchev–Trinajstić information content (AvgIpc) is 3.42. The second-order valence-electron chi connectivity index (χ2n) is 13.4. The van der Waals surface area contributed by atoms with Gasteiger partial charge in [0.1, 0.15) is 0 Å². The second-order valence-corrected chi connectivity index (χ2v) is 13.4. The molecule has 1 aliphatic carbocycles. The lowest BCUT2D eigenvalue weighted by Crippen LogP contribution is -2.16. The average molecular weight is 642 g/mol. The van der Waals surface area contributed by atoms with E-state index in [1.165, 1.54) is 33.4 Å². The maximum atomic E-state index is 5.13. The topological polar surface area (TPSA) is 29.0 Å². The van der Waals surface area contributed by atoms with E-state index < -0.39 is 0 Å². The van der Waals surface area contributed by atoms with Gasteiger partial charge in [-0.25, -0.2) is 9.97 Å². The Labute approximate surface area is 293 Å². The summed E-state index contributed by atoms with van der Waals surface area (Å²) >= 11 is 0. The van der Waals surface area contributed by atoms with E-state index in [1.807, 2.05) is 18.2 Å². The highest BCUT2D eigenvalue weighted by molar-refractivity contribution is 5.96. The smallest absolute Gasteiger partial charge is 0.160 e. The predicted octanol–water partition coefficient (Wildman–Crippen LogP) is 12.4. The summed E-state index contributed by atoms with van der Waals surface area (Å²) in [6, 6.07) is 62.4. The van der Waals surface area contributed by atoms with Crippen LogP contribution in [-0.2, 0) is 5.41 Å². The molecule has 0 unspecified atom stereocenters. The van der Waals surface area contributed by atoms with E-state index in [-0.39, 0.29) is 5.41 Å². The quantitative estimate of drug-likeness (QED) is 0.181. The summed E-state index contributed by atoms with van der Waals surface area (Å²) in [6.45, 7) is 4.67. The number of benzene rings is 7. The molecule has 0 amide bonds. The van der Waals surface area contributed by atoms with Crippen molar-refractivity contribution < 1.29 is 0 Å². The van der Waals surface area contributed by atoms with Gasteiger partial charge in [-0.1, -0.05) is 141 Å². The van der Waals surface area contributed by atoms with Crippen LogP contribution < -0.4 is 4.90 Å². The molecule has 0 radical (unpaired) electrons. The van der Waals surface area contributed by atoms with Crippen molar-refractivity contribution in [3.63, 3.8) is 0 Å². The Morgan fingerprint density at radius 1 is 0.440 bits per heavy atom. The number of rotatable bonds is 6. The van der Waals surface area contributed by atoms with Crippen molar-refractivity contribution in [1.82, 2.24) is 9.97 Å². The van der Waals surface area contributed by atoms with Crippen LogP contribution in [0.5, 0.6) is 0 Å². The molecule has 50 heavy (non-hydrogen) atoms. The van der Waals surface area contributed by atoms with Crippen LogP contribution in [-0.4, -0.2) is 9.97 Å². The van der Waals surface area contributed by atoms with Crippen molar-refractivity contribution in [2.75, 3.05) is 4.90 Å². The summed E-state index contributed by atoms with van der Waals surface area (Å²) in [7, 11) is 0. The van der Waals surface area contributed by atoms with E-state index in [2.05, 4.69) is 176 Å². The molecule has 0 fully saturated rings. The molecule has 0 saturated carbocycles. The van der Waals surface area contributed by atoms with Gasteiger partial charge in [0, 0.05) is 38.9 Å². The highest BCUT2D eigenvalue weighted by atomic mass is 15.1. The largest absolute Gasteiger partial charge is 0.310 e. The fourth-order valence-electron chi connectivity index (χ4n) is 7.56. The minimum atomic E-state index is -0.0987. The molecule has 0 atom stereocenters. The molecule has 3 heteroatoms. The van der Waals surface area contributed by atoms with Crippen LogP contribution in [0.1, 0.15) is 25.0 Å². The molecule has 1 aliphatic rings. The van der Waals surface area contributed by atoms with E-state index in [0.29, 0.717) is 5.82 Å². The monoisotopic (exact) mass is 641 g/mol. The van der Waals surface area contributed by atoms with Crippen molar-refractivity contribution in [3.05, 3.63) is 187 Å². The SMILES string of the molecule is CC1(C)c2ccccc2-c2c(N(c3ccc(-c4ccccc4)cc3)c3ccc(-c4nc(-c5ccccc5)c5ccccc5n4)cc3)cccc21. The van der Waals surface area contributed by atoms with E-state index in [9.17, 15) is 0 Å². The summed E-state index contributed by atoms with van der Waals surface area (Å²) in [4.78, 5) is 12.6. The van der Waals surface area contributed by atoms with Crippen LogP contribution in [0.15, 0.2) is 176 Å². The number of nitrogens with zero attached hydrogens (tertiary/aromatic N) is 3. The van der Waals surface area contributed by atoms with Crippen LogP contribution in [0.4, 0.5) is 17.1 Å².